The van der Waals surface area contributed by atoms with E-state index in [1.54, 1.807) is 7.11 Å². The zero-order valence-corrected chi connectivity index (χ0v) is 9.22. The Morgan fingerprint density at radius 1 is 1.40 bits per heavy atom. The van der Waals surface area contributed by atoms with Crippen LogP contribution >= 0.6 is 0 Å². The standard InChI is InChI=1S/C12H19NO2/c1-15-10-12(14)8-3-2-6-11-7-4-5-9-13-11/h4-5,7,9,12,14H,2-3,6,8,10H2,1H3/t12-/m1/s1. The van der Waals surface area contributed by atoms with Gasteiger partial charge in [0.15, 0.2) is 0 Å². The molecule has 0 amide bonds. The quantitative estimate of drug-likeness (QED) is 0.696. The summed E-state index contributed by atoms with van der Waals surface area (Å²) in [4.78, 5) is 4.24. The predicted molar refractivity (Wildman–Crippen MR) is 59.7 cm³/mol. The van der Waals surface area contributed by atoms with E-state index in [4.69, 9.17) is 4.74 Å². The minimum Gasteiger partial charge on any atom is -0.391 e. The first-order chi connectivity index (χ1) is 7.33. The van der Waals surface area contributed by atoms with Crippen LogP contribution in [0.3, 0.4) is 0 Å². The van der Waals surface area contributed by atoms with Crippen molar-refractivity contribution < 1.29 is 9.84 Å². The molecule has 0 aliphatic rings. The summed E-state index contributed by atoms with van der Waals surface area (Å²) in [6.45, 7) is 0.434. The van der Waals surface area contributed by atoms with E-state index in [0.717, 1.165) is 31.4 Å². The number of methoxy groups -OCH3 is 1. The van der Waals surface area contributed by atoms with Gasteiger partial charge in [0, 0.05) is 19.0 Å². The molecule has 1 N–H and O–H groups in total. The molecule has 84 valence electrons. The average Bonchev–Trinajstić information content (AvgIpc) is 2.26. The number of pyridine rings is 1. The highest BCUT2D eigenvalue weighted by Gasteiger charge is 2.02. The lowest BCUT2D eigenvalue weighted by Crippen LogP contribution is -2.13. The molecule has 0 bridgehead atoms. The number of hydrogen-bond acceptors (Lipinski definition) is 3. The van der Waals surface area contributed by atoms with Gasteiger partial charge in [-0.15, -0.1) is 0 Å². The normalized spacial score (nSPS) is 12.7. The van der Waals surface area contributed by atoms with Crippen LogP contribution in [0.1, 0.15) is 25.0 Å². The average molecular weight is 209 g/mol. The minimum absolute atomic E-state index is 0.321. The van der Waals surface area contributed by atoms with Gasteiger partial charge in [-0.3, -0.25) is 4.98 Å². The van der Waals surface area contributed by atoms with E-state index >= 15 is 0 Å². The fraction of sp³-hybridized carbons (Fsp3) is 0.583. The molecule has 3 nitrogen and oxygen atoms in total. The lowest BCUT2D eigenvalue weighted by atomic mass is 10.1. The van der Waals surface area contributed by atoms with Gasteiger partial charge < -0.3 is 9.84 Å². The predicted octanol–water partition coefficient (Wildman–Crippen LogP) is 1.80. The van der Waals surface area contributed by atoms with Crippen molar-refractivity contribution >= 4 is 0 Å². The Bertz CT molecular complexity index is 251. The Morgan fingerprint density at radius 2 is 2.27 bits per heavy atom. The van der Waals surface area contributed by atoms with Gasteiger partial charge in [-0.2, -0.15) is 0 Å². The van der Waals surface area contributed by atoms with Crippen molar-refractivity contribution in [2.24, 2.45) is 0 Å². The van der Waals surface area contributed by atoms with E-state index in [0.29, 0.717) is 6.61 Å². The van der Waals surface area contributed by atoms with Crippen LogP contribution in [0.25, 0.3) is 0 Å². The van der Waals surface area contributed by atoms with E-state index in [2.05, 4.69) is 4.98 Å². The van der Waals surface area contributed by atoms with Crippen LogP contribution in [0.5, 0.6) is 0 Å². The summed E-state index contributed by atoms with van der Waals surface area (Å²) in [5, 5.41) is 9.41. The van der Waals surface area contributed by atoms with Gasteiger partial charge in [-0.1, -0.05) is 12.5 Å². The van der Waals surface area contributed by atoms with E-state index in [9.17, 15) is 5.11 Å². The molecule has 3 heteroatoms. The van der Waals surface area contributed by atoms with Crippen molar-refractivity contribution in [2.45, 2.75) is 31.8 Å². The number of nitrogens with zero attached hydrogens (tertiary/aromatic N) is 1. The first-order valence-corrected chi connectivity index (χ1v) is 5.40. The van der Waals surface area contributed by atoms with Gasteiger partial charge in [0.25, 0.3) is 0 Å². The third kappa shape index (κ3) is 5.50. The first kappa shape index (κ1) is 12.1. The van der Waals surface area contributed by atoms with Crippen LogP contribution in [-0.4, -0.2) is 29.9 Å². The summed E-state index contributed by atoms with van der Waals surface area (Å²) < 4.78 is 4.86. The van der Waals surface area contributed by atoms with Crippen LogP contribution in [0.15, 0.2) is 24.4 Å². The zero-order chi connectivity index (χ0) is 10.9. The van der Waals surface area contributed by atoms with Crippen LogP contribution in [-0.2, 0) is 11.2 Å². The molecule has 15 heavy (non-hydrogen) atoms. The van der Waals surface area contributed by atoms with Crippen molar-refractivity contribution in [3.63, 3.8) is 0 Å². The maximum atomic E-state index is 9.41. The van der Waals surface area contributed by atoms with Crippen molar-refractivity contribution in [1.82, 2.24) is 4.98 Å². The molecule has 1 rings (SSSR count). The maximum absolute atomic E-state index is 9.41. The number of rotatable bonds is 7. The maximum Gasteiger partial charge on any atom is 0.0773 e. The monoisotopic (exact) mass is 209 g/mol. The molecule has 0 fully saturated rings. The Kier molecular flexibility index (Phi) is 5.97. The molecule has 1 heterocycles. The highest BCUT2D eigenvalue weighted by molar-refractivity contribution is 5.03. The van der Waals surface area contributed by atoms with Crippen molar-refractivity contribution in [2.75, 3.05) is 13.7 Å². The molecule has 0 unspecified atom stereocenters. The summed E-state index contributed by atoms with van der Waals surface area (Å²) in [5.41, 5.74) is 1.12. The number of aliphatic hydroxyl groups is 1. The molecule has 0 saturated heterocycles. The van der Waals surface area contributed by atoms with Gasteiger partial charge in [0.1, 0.15) is 0 Å². The Labute approximate surface area is 91.1 Å². The molecule has 0 aliphatic carbocycles. The van der Waals surface area contributed by atoms with E-state index < -0.39 is 0 Å². The zero-order valence-electron chi connectivity index (χ0n) is 9.22. The second-order valence-electron chi connectivity index (χ2n) is 3.68. The molecule has 1 aromatic rings. The Balaban J connectivity index is 2.07. The van der Waals surface area contributed by atoms with Crippen molar-refractivity contribution in [1.29, 1.82) is 0 Å². The molecule has 1 aromatic heterocycles. The fourth-order valence-corrected chi connectivity index (χ4v) is 1.51. The number of ether oxygens (including phenoxy) is 1. The Hall–Kier alpha value is -0.930. The molecule has 0 radical (unpaired) electrons. The second kappa shape index (κ2) is 7.37. The van der Waals surface area contributed by atoms with E-state index in [1.807, 2.05) is 24.4 Å². The first-order valence-electron chi connectivity index (χ1n) is 5.40. The van der Waals surface area contributed by atoms with Gasteiger partial charge in [0.2, 0.25) is 0 Å². The number of aliphatic hydroxyl groups excluding tert-OH is 1. The number of aromatic nitrogens is 1. The summed E-state index contributed by atoms with van der Waals surface area (Å²) in [7, 11) is 1.61. The lowest BCUT2D eigenvalue weighted by Gasteiger charge is -2.08. The van der Waals surface area contributed by atoms with Crippen LogP contribution in [0.2, 0.25) is 0 Å². The third-order valence-corrected chi connectivity index (χ3v) is 2.31. The lowest BCUT2D eigenvalue weighted by molar-refractivity contribution is 0.0577. The Morgan fingerprint density at radius 3 is 2.93 bits per heavy atom. The molecular weight excluding hydrogens is 190 g/mol. The summed E-state index contributed by atoms with van der Waals surface area (Å²) in [5.74, 6) is 0. The number of aryl methyl sites for hydroxylation is 1. The smallest absolute Gasteiger partial charge is 0.0773 e. The fourth-order valence-electron chi connectivity index (χ4n) is 1.51. The molecule has 1 atom stereocenters. The SMILES string of the molecule is COC[C@H](O)CCCCc1ccccn1. The second-order valence-corrected chi connectivity index (χ2v) is 3.68. The number of hydrogen-bond donors (Lipinski definition) is 1. The minimum atomic E-state index is -0.321. The van der Waals surface area contributed by atoms with Crippen molar-refractivity contribution in [3.8, 4) is 0 Å². The van der Waals surface area contributed by atoms with Crippen LogP contribution in [0.4, 0.5) is 0 Å². The highest BCUT2D eigenvalue weighted by Crippen LogP contribution is 2.06. The molecule has 0 spiro atoms. The number of unbranched alkanes of at least 4 members (excludes halogenated alkanes) is 1. The highest BCUT2D eigenvalue weighted by atomic mass is 16.5. The van der Waals surface area contributed by atoms with Gasteiger partial charge in [-0.05, 0) is 31.4 Å². The van der Waals surface area contributed by atoms with Gasteiger partial charge >= 0.3 is 0 Å². The van der Waals surface area contributed by atoms with E-state index in [1.165, 1.54) is 0 Å². The largest absolute Gasteiger partial charge is 0.391 e. The summed E-state index contributed by atoms with van der Waals surface area (Å²) in [6.07, 6.45) is 5.37. The van der Waals surface area contributed by atoms with Gasteiger partial charge in [-0.25, -0.2) is 0 Å². The molecular formula is C12H19NO2. The van der Waals surface area contributed by atoms with Gasteiger partial charge in [0.05, 0.1) is 12.7 Å². The molecule has 0 aliphatic heterocycles. The summed E-state index contributed by atoms with van der Waals surface area (Å²) in [6, 6.07) is 5.96. The topological polar surface area (TPSA) is 42.4 Å². The molecule has 0 saturated carbocycles. The van der Waals surface area contributed by atoms with E-state index in [-0.39, 0.29) is 6.10 Å². The van der Waals surface area contributed by atoms with Crippen molar-refractivity contribution in [3.05, 3.63) is 30.1 Å². The van der Waals surface area contributed by atoms with Crippen LogP contribution in [0, 0.1) is 0 Å². The third-order valence-electron chi connectivity index (χ3n) is 2.31. The van der Waals surface area contributed by atoms with Crippen LogP contribution < -0.4 is 0 Å². The summed E-state index contributed by atoms with van der Waals surface area (Å²) >= 11 is 0. The molecule has 0 aromatic carbocycles.